The fourth-order valence-corrected chi connectivity index (χ4v) is 4.72. The minimum Gasteiger partial charge on any atom is -0.396 e. The van der Waals surface area contributed by atoms with Gasteiger partial charge in [-0.2, -0.15) is 11.8 Å². The van der Waals surface area contributed by atoms with E-state index in [1.807, 2.05) is 0 Å². The lowest BCUT2D eigenvalue weighted by Crippen LogP contribution is -2.43. The SMILES string of the molecule is CCCC1CCC(NCC)C(SC(C)CCO)C1. The minimum atomic E-state index is 0.325. The summed E-state index contributed by atoms with van der Waals surface area (Å²) in [5, 5.41) is 14.0. The van der Waals surface area contributed by atoms with Gasteiger partial charge in [0.25, 0.3) is 0 Å². The number of thioether (sulfide) groups is 1. The van der Waals surface area contributed by atoms with Crippen LogP contribution in [0.1, 0.15) is 59.3 Å². The predicted molar refractivity (Wildman–Crippen MR) is 82.3 cm³/mol. The number of hydrogen-bond acceptors (Lipinski definition) is 3. The predicted octanol–water partition coefficient (Wildman–Crippen LogP) is 3.44. The Kier molecular flexibility index (Phi) is 8.36. The van der Waals surface area contributed by atoms with Crippen molar-refractivity contribution >= 4 is 11.8 Å². The van der Waals surface area contributed by atoms with Crippen LogP contribution < -0.4 is 5.32 Å². The average Bonchev–Trinajstić information content (AvgIpc) is 2.33. The summed E-state index contributed by atoms with van der Waals surface area (Å²) in [5.74, 6) is 0.934. The van der Waals surface area contributed by atoms with Crippen LogP contribution in [-0.4, -0.2) is 34.8 Å². The van der Waals surface area contributed by atoms with Gasteiger partial charge in [-0.3, -0.25) is 0 Å². The van der Waals surface area contributed by atoms with E-state index in [-0.39, 0.29) is 0 Å². The maximum atomic E-state index is 9.04. The molecule has 0 radical (unpaired) electrons. The summed E-state index contributed by atoms with van der Waals surface area (Å²) in [7, 11) is 0. The second-order valence-corrected chi connectivity index (χ2v) is 7.31. The van der Waals surface area contributed by atoms with Crippen molar-refractivity contribution in [2.24, 2.45) is 5.92 Å². The average molecular weight is 273 g/mol. The Bertz CT molecular complexity index is 211. The van der Waals surface area contributed by atoms with Crippen LogP contribution in [0.3, 0.4) is 0 Å². The lowest BCUT2D eigenvalue weighted by atomic mass is 9.83. The Labute approximate surface area is 117 Å². The molecule has 1 aliphatic carbocycles. The van der Waals surface area contributed by atoms with Crippen molar-refractivity contribution in [3.05, 3.63) is 0 Å². The topological polar surface area (TPSA) is 32.3 Å². The lowest BCUT2D eigenvalue weighted by molar-refractivity contribution is 0.283. The van der Waals surface area contributed by atoms with Crippen LogP contribution in [0.25, 0.3) is 0 Å². The molecule has 0 aliphatic heterocycles. The molecule has 0 aromatic carbocycles. The standard InChI is InChI=1S/C15H31NOS/c1-4-6-13-7-8-14(16-5-2)15(11-13)18-12(3)9-10-17/h12-17H,4-11H2,1-3H3. The quantitative estimate of drug-likeness (QED) is 0.710. The zero-order valence-corrected chi connectivity index (χ0v) is 13.1. The lowest BCUT2D eigenvalue weighted by Gasteiger charge is -2.37. The monoisotopic (exact) mass is 273 g/mol. The van der Waals surface area contributed by atoms with Crippen LogP contribution in [0.5, 0.6) is 0 Å². The molecule has 4 atom stereocenters. The molecule has 0 amide bonds. The molecule has 3 heteroatoms. The summed E-state index contributed by atoms with van der Waals surface area (Å²) in [4.78, 5) is 0. The first-order valence-corrected chi connectivity index (χ1v) is 8.65. The van der Waals surface area contributed by atoms with Crippen LogP contribution in [-0.2, 0) is 0 Å². The first kappa shape index (κ1) is 16.3. The highest BCUT2D eigenvalue weighted by molar-refractivity contribution is 8.00. The first-order chi connectivity index (χ1) is 8.71. The van der Waals surface area contributed by atoms with Crippen molar-refractivity contribution in [2.45, 2.75) is 75.8 Å². The molecule has 0 saturated heterocycles. The third-order valence-corrected chi connectivity index (χ3v) is 5.58. The second kappa shape index (κ2) is 9.22. The smallest absolute Gasteiger partial charge is 0.0441 e. The molecule has 1 aliphatic rings. The summed E-state index contributed by atoms with van der Waals surface area (Å²) in [5.41, 5.74) is 0. The second-order valence-electron chi connectivity index (χ2n) is 5.63. The van der Waals surface area contributed by atoms with Gasteiger partial charge in [-0.25, -0.2) is 0 Å². The van der Waals surface area contributed by atoms with Crippen LogP contribution in [0.4, 0.5) is 0 Å². The maximum Gasteiger partial charge on any atom is 0.0441 e. The molecule has 0 aromatic rings. The van der Waals surface area contributed by atoms with Gasteiger partial charge in [0, 0.05) is 23.1 Å². The van der Waals surface area contributed by atoms with E-state index in [0.717, 1.165) is 24.1 Å². The fourth-order valence-electron chi connectivity index (χ4n) is 3.08. The molecule has 18 heavy (non-hydrogen) atoms. The normalized spacial score (nSPS) is 30.3. The third-order valence-electron chi connectivity index (χ3n) is 4.01. The number of aliphatic hydroxyl groups is 1. The molecule has 2 nitrogen and oxygen atoms in total. The molecule has 0 heterocycles. The summed E-state index contributed by atoms with van der Waals surface area (Å²) in [6.07, 6.45) is 7.74. The van der Waals surface area contributed by atoms with Gasteiger partial charge in [-0.15, -0.1) is 0 Å². The van der Waals surface area contributed by atoms with Gasteiger partial charge in [0.15, 0.2) is 0 Å². The largest absolute Gasteiger partial charge is 0.396 e. The zero-order valence-electron chi connectivity index (χ0n) is 12.3. The molecular weight excluding hydrogens is 242 g/mol. The zero-order chi connectivity index (χ0) is 13.4. The van der Waals surface area contributed by atoms with Gasteiger partial charge >= 0.3 is 0 Å². The van der Waals surface area contributed by atoms with E-state index in [4.69, 9.17) is 5.11 Å². The fraction of sp³-hybridized carbons (Fsp3) is 1.00. The van der Waals surface area contributed by atoms with E-state index in [2.05, 4.69) is 37.8 Å². The molecule has 0 bridgehead atoms. The number of nitrogens with one attached hydrogen (secondary N) is 1. The van der Waals surface area contributed by atoms with E-state index in [1.54, 1.807) is 0 Å². The summed E-state index contributed by atoms with van der Waals surface area (Å²) in [6, 6.07) is 0.689. The molecule has 4 unspecified atom stereocenters. The highest BCUT2D eigenvalue weighted by Gasteiger charge is 2.30. The number of hydrogen-bond donors (Lipinski definition) is 2. The molecule has 0 spiro atoms. The molecule has 0 aromatic heterocycles. The van der Waals surface area contributed by atoms with E-state index in [0.29, 0.717) is 17.9 Å². The van der Waals surface area contributed by atoms with Crippen molar-refractivity contribution in [1.29, 1.82) is 0 Å². The van der Waals surface area contributed by atoms with Gasteiger partial charge in [0.05, 0.1) is 0 Å². The van der Waals surface area contributed by atoms with Crippen molar-refractivity contribution in [2.75, 3.05) is 13.2 Å². The van der Waals surface area contributed by atoms with Crippen LogP contribution in [0.2, 0.25) is 0 Å². The van der Waals surface area contributed by atoms with Gasteiger partial charge in [0.2, 0.25) is 0 Å². The van der Waals surface area contributed by atoms with E-state index in [9.17, 15) is 0 Å². The Hall–Kier alpha value is 0.270. The molecule has 108 valence electrons. The van der Waals surface area contributed by atoms with Gasteiger partial charge in [-0.05, 0) is 38.1 Å². The van der Waals surface area contributed by atoms with E-state index in [1.165, 1.54) is 32.1 Å². The highest BCUT2D eigenvalue weighted by atomic mass is 32.2. The van der Waals surface area contributed by atoms with E-state index < -0.39 is 0 Å². The first-order valence-electron chi connectivity index (χ1n) is 7.70. The summed E-state index contributed by atoms with van der Waals surface area (Å²) >= 11 is 2.10. The molecule has 1 saturated carbocycles. The Morgan fingerprint density at radius 2 is 2.11 bits per heavy atom. The van der Waals surface area contributed by atoms with Gasteiger partial charge < -0.3 is 10.4 Å². The Balaban J connectivity index is 2.48. The van der Waals surface area contributed by atoms with Gasteiger partial charge in [0.1, 0.15) is 0 Å². The van der Waals surface area contributed by atoms with Crippen molar-refractivity contribution < 1.29 is 5.11 Å². The summed E-state index contributed by atoms with van der Waals surface area (Å²) in [6.45, 7) is 8.16. The molecular formula is C15H31NOS. The molecule has 2 N–H and O–H groups in total. The third kappa shape index (κ3) is 5.50. The molecule has 1 fully saturated rings. The van der Waals surface area contributed by atoms with Crippen molar-refractivity contribution in [1.82, 2.24) is 5.32 Å². The van der Waals surface area contributed by atoms with Gasteiger partial charge in [-0.1, -0.05) is 33.6 Å². The Morgan fingerprint density at radius 1 is 1.33 bits per heavy atom. The highest BCUT2D eigenvalue weighted by Crippen LogP contribution is 2.37. The van der Waals surface area contributed by atoms with Crippen molar-refractivity contribution in [3.8, 4) is 0 Å². The summed E-state index contributed by atoms with van der Waals surface area (Å²) < 4.78 is 0. The number of rotatable bonds is 8. The van der Waals surface area contributed by atoms with Crippen LogP contribution >= 0.6 is 11.8 Å². The maximum absolute atomic E-state index is 9.04. The van der Waals surface area contributed by atoms with Crippen molar-refractivity contribution in [3.63, 3.8) is 0 Å². The molecule has 1 rings (SSSR count). The minimum absolute atomic E-state index is 0.325. The Morgan fingerprint density at radius 3 is 2.72 bits per heavy atom. The van der Waals surface area contributed by atoms with E-state index >= 15 is 0 Å². The van der Waals surface area contributed by atoms with Crippen LogP contribution in [0.15, 0.2) is 0 Å². The van der Waals surface area contributed by atoms with Crippen LogP contribution in [0, 0.1) is 5.92 Å². The number of aliphatic hydroxyl groups excluding tert-OH is 1.